The molecule has 0 saturated heterocycles. The molecule has 6 heteroatoms. The van der Waals surface area contributed by atoms with Gasteiger partial charge in [0.2, 0.25) is 11.9 Å². The average molecular weight is 267 g/mol. The minimum absolute atomic E-state index is 0.302. The Hall–Kier alpha value is -1.59. The number of rotatable bonds is 8. The zero-order chi connectivity index (χ0) is 14.3. The molecule has 0 aliphatic carbocycles. The van der Waals surface area contributed by atoms with Gasteiger partial charge in [-0.15, -0.1) is 0 Å². The maximum atomic E-state index is 5.46. The van der Waals surface area contributed by atoms with Gasteiger partial charge in [0.1, 0.15) is 0 Å². The fraction of sp³-hybridized carbons (Fsp3) is 0.769. The molecular formula is C13H25N5O. The fourth-order valence-corrected chi connectivity index (χ4v) is 1.49. The van der Waals surface area contributed by atoms with Crippen LogP contribution < -0.4 is 15.4 Å². The molecule has 0 amide bonds. The summed E-state index contributed by atoms with van der Waals surface area (Å²) in [5, 5.41) is 6.22. The third-order valence-corrected chi connectivity index (χ3v) is 3.13. The molecule has 1 heterocycles. The van der Waals surface area contributed by atoms with Crippen molar-refractivity contribution in [2.24, 2.45) is 5.92 Å². The van der Waals surface area contributed by atoms with Crippen molar-refractivity contribution >= 4 is 11.9 Å². The van der Waals surface area contributed by atoms with E-state index in [0.717, 1.165) is 12.8 Å². The smallest absolute Gasteiger partial charge is 0.323 e. The van der Waals surface area contributed by atoms with Gasteiger partial charge in [0.25, 0.3) is 0 Å². The summed E-state index contributed by atoms with van der Waals surface area (Å²) in [5.74, 6) is 1.62. The second-order valence-electron chi connectivity index (χ2n) is 4.68. The van der Waals surface area contributed by atoms with Crippen molar-refractivity contribution < 1.29 is 4.74 Å². The summed E-state index contributed by atoms with van der Waals surface area (Å²) >= 11 is 0. The Labute approximate surface area is 115 Å². The Bertz CT molecular complexity index is 385. The van der Waals surface area contributed by atoms with Crippen molar-refractivity contribution in [3.8, 4) is 6.01 Å². The molecule has 0 bridgehead atoms. The van der Waals surface area contributed by atoms with Crippen LogP contribution in [0.5, 0.6) is 6.01 Å². The Kier molecular flexibility index (Phi) is 6.32. The Morgan fingerprint density at radius 1 is 1.11 bits per heavy atom. The normalized spacial score (nSPS) is 13.7. The molecule has 108 valence electrons. The summed E-state index contributed by atoms with van der Waals surface area (Å²) in [5.41, 5.74) is 0. The van der Waals surface area contributed by atoms with Gasteiger partial charge in [0.05, 0.1) is 6.61 Å². The topological polar surface area (TPSA) is 72.0 Å². The lowest BCUT2D eigenvalue weighted by molar-refractivity contribution is 0.292. The van der Waals surface area contributed by atoms with Crippen LogP contribution in [0.2, 0.25) is 0 Å². The number of nitrogens with one attached hydrogen (secondary N) is 2. The van der Waals surface area contributed by atoms with Gasteiger partial charge in [0, 0.05) is 13.1 Å². The van der Waals surface area contributed by atoms with Gasteiger partial charge in [-0.2, -0.15) is 15.0 Å². The number of aromatic nitrogens is 3. The summed E-state index contributed by atoms with van der Waals surface area (Å²) in [4.78, 5) is 12.7. The van der Waals surface area contributed by atoms with E-state index in [9.17, 15) is 0 Å². The van der Waals surface area contributed by atoms with E-state index in [1.54, 1.807) is 7.05 Å². The first-order chi connectivity index (χ1) is 9.10. The SMILES string of the molecule is CCCOc1nc(NC)nc(NC(C)C(C)CC)n1. The maximum Gasteiger partial charge on any atom is 0.323 e. The summed E-state index contributed by atoms with van der Waals surface area (Å²) in [7, 11) is 1.78. The van der Waals surface area contributed by atoms with E-state index in [0.29, 0.717) is 36.5 Å². The van der Waals surface area contributed by atoms with Crippen LogP contribution in [0, 0.1) is 5.92 Å². The van der Waals surface area contributed by atoms with Crippen molar-refractivity contribution in [3.05, 3.63) is 0 Å². The monoisotopic (exact) mass is 267 g/mol. The van der Waals surface area contributed by atoms with Crippen molar-refractivity contribution in [2.45, 2.75) is 46.6 Å². The fourth-order valence-electron chi connectivity index (χ4n) is 1.49. The molecular weight excluding hydrogens is 242 g/mol. The molecule has 0 saturated carbocycles. The Balaban J connectivity index is 2.81. The van der Waals surface area contributed by atoms with Crippen LogP contribution in [0.1, 0.15) is 40.5 Å². The van der Waals surface area contributed by atoms with Gasteiger partial charge >= 0.3 is 6.01 Å². The van der Waals surface area contributed by atoms with Crippen LogP contribution >= 0.6 is 0 Å². The van der Waals surface area contributed by atoms with Crippen LogP contribution in [0.15, 0.2) is 0 Å². The van der Waals surface area contributed by atoms with E-state index in [1.165, 1.54) is 0 Å². The number of hydrogen-bond donors (Lipinski definition) is 2. The highest BCUT2D eigenvalue weighted by molar-refractivity contribution is 5.36. The first kappa shape index (κ1) is 15.5. The molecule has 0 spiro atoms. The van der Waals surface area contributed by atoms with Gasteiger partial charge in [-0.05, 0) is 19.3 Å². The predicted molar refractivity (Wildman–Crippen MR) is 77.7 cm³/mol. The lowest BCUT2D eigenvalue weighted by Gasteiger charge is -2.20. The summed E-state index contributed by atoms with van der Waals surface area (Å²) in [6, 6.07) is 0.663. The number of ether oxygens (including phenoxy) is 1. The molecule has 0 aromatic carbocycles. The molecule has 2 N–H and O–H groups in total. The second-order valence-corrected chi connectivity index (χ2v) is 4.68. The van der Waals surface area contributed by atoms with Gasteiger partial charge in [-0.25, -0.2) is 0 Å². The highest BCUT2D eigenvalue weighted by atomic mass is 16.5. The molecule has 0 fully saturated rings. The van der Waals surface area contributed by atoms with Crippen molar-refractivity contribution in [3.63, 3.8) is 0 Å². The molecule has 0 aliphatic rings. The van der Waals surface area contributed by atoms with Crippen molar-refractivity contribution in [1.29, 1.82) is 0 Å². The van der Waals surface area contributed by atoms with E-state index in [1.807, 2.05) is 6.92 Å². The molecule has 6 nitrogen and oxygen atoms in total. The highest BCUT2D eigenvalue weighted by Crippen LogP contribution is 2.15. The van der Waals surface area contributed by atoms with Crippen molar-refractivity contribution in [2.75, 3.05) is 24.3 Å². The second kappa shape index (κ2) is 7.76. The first-order valence-corrected chi connectivity index (χ1v) is 6.93. The maximum absolute atomic E-state index is 5.46. The van der Waals surface area contributed by atoms with E-state index < -0.39 is 0 Å². The van der Waals surface area contributed by atoms with Crippen LogP contribution in [0.4, 0.5) is 11.9 Å². The zero-order valence-corrected chi connectivity index (χ0v) is 12.5. The third kappa shape index (κ3) is 4.89. The number of nitrogens with zero attached hydrogens (tertiary/aromatic N) is 3. The standard InChI is InChI=1S/C13H25N5O/c1-6-8-19-13-17-11(14-5)16-12(18-13)15-10(4)9(3)7-2/h9-10H,6-8H2,1-5H3,(H2,14,15,16,17,18). The average Bonchev–Trinajstić information content (AvgIpc) is 2.43. The molecule has 1 rings (SSSR count). The van der Waals surface area contributed by atoms with Gasteiger partial charge < -0.3 is 15.4 Å². The van der Waals surface area contributed by atoms with E-state index in [4.69, 9.17) is 4.74 Å². The van der Waals surface area contributed by atoms with Crippen LogP contribution in [0.3, 0.4) is 0 Å². The van der Waals surface area contributed by atoms with E-state index in [-0.39, 0.29) is 0 Å². The highest BCUT2D eigenvalue weighted by Gasteiger charge is 2.13. The molecule has 0 radical (unpaired) electrons. The van der Waals surface area contributed by atoms with Gasteiger partial charge in [-0.3, -0.25) is 0 Å². The lowest BCUT2D eigenvalue weighted by atomic mass is 10.0. The number of hydrogen-bond acceptors (Lipinski definition) is 6. The Morgan fingerprint density at radius 2 is 1.79 bits per heavy atom. The quantitative estimate of drug-likeness (QED) is 0.754. The molecule has 1 aromatic rings. The minimum atomic E-state index is 0.302. The van der Waals surface area contributed by atoms with Crippen LogP contribution in [-0.2, 0) is 0 Å². The van der Waals surface area contributed by atoms with Crippen LogP contribution in [-0.4, -0.2) is 34.6 Å². The summed E-state index contributed by atoms with van der Waals surface area (Å²) in [6.07, 6.45) is 2.03. The summed E-state index contributed by atoms with van der Waals surface area (Å²) < 4.78 is 5.46. The van der Waals surface area contributed by atoms with E-state index >= 15 is 0 Å². The van der Waals surface area contributed by atoms with Crippen molar-refractivity contribution in [1.82, 2.24) is 15.0 Å². The largest absolute Gasteiger partial charge is 0.463 e. The molecule has 1 aromatic heterocycles. The number of anilines is 2. The van der Waals surface area contributed by atoms with Gasteiger partial charge in [0.15, 0.2) is 0 Å². The van der Waals surface area contributed by atoms with Gasteiger partial charge in [-0.1, -0.05) is 27.2 Å². The first-order valence-electron chi connectivity index (χ1n) is 6.93. The molecule has 0 aliphatic heterocycles. The Morgan fingerprint density at radius 3 is 2.37 bits per heavy atom. The van der Waals surface area contributed by atoms with E-state index in [2.05, 4.69) is 46.4 Å². The minimum Gasteiger partial charge on any atom is -0.463 e. The molecule has 2 atom stereocenters. The lowest BCUT2D eigenvalue weighted by Crippen LogP contribution is -2.25. The molecule has 19 heavy (non-hydrogen) atoms. The molecule has 2 unspecified atom stereocenters. The summed E-state index contributed by atoms with van der Waals surface area (Å²) in [6.45, 7) is 9.15. The predicted octanol–water partition coefficient (Wildman–Crippen LogP) is 2.55. The zero-order valence-electron chi connectivity index (χ0n) is 12.5. The van der Waals surface area contributed by atoms with Crippen LogP contribution in [0.25, 0.3) is 0 Å². The third-order valence-electron chi connectivity index (χ3n) is 3.13.